The van der Waals surface area contributed by atoms with Gasteiger partial charge < -0.3 is 25.4 Å². The van der Waals surface area contributed by atoms with Gasteiger partial charge in [0.2, 0.25) is 11.8 Å². The second-order valence-electron chi connectivity index (χ2n) is 9.45. The van der Waals surface area contributed by atoms with Gasteiger partial charge in [0.25, 0.3) is 0 Å². The van der Waals surface area contributed by atoms with Crippen LogP contribution >= 0.6 is 0 Å². The van der Waals surface area contributed by atoms with Gasteiger partial charge in [0.05, 0.1) is 0 Å². The van der Waals surface area contributed by atoms with Crippen molar-refractivity contribution in [3.8, 4) is 5.75 Å². The summed E-state index contributed by atoms with van der Waals surface area (Å²) in [5.41, 5.74) is -0.194. The predicted molar refractivity (Wildman–Crippen MR) is 129 cm³/mol. The first kappa shape index (κ1) is 28.0. The number of benzene rings is 1. The Hall–Kier alpha value is -3.03. The van der Waals surface area contributed by atoms with Gasteiger partial charge in [-0.1, -0.05) is 38.5 Å². The van der Waals surface area contributed by atoms with Crippen LogP contribution in [0.1, 0.15) is 66.5 Å². The highest BCUT2D eigenvalue weighted by atomic mass is 16.6. The molecular weight excluding hydrogens is 422 g/mol. The molecule has 1 aromatic rings. The molecule has 0 aliphatic heterocycles. The summed E-state index contributed by atoms with van der Waals surface area (Å²) in [5, 5.41) is 15.3. The smallest absolute Gasteiger partial charge is 0.408 e. The molecule has 0 radical (unpaired) electrons. The second-order valence-corrected chi connectivity index (χ2v) is 9.45. The highest BCUT2D eigenvalue weighted by Crippen LogP contribution is 2.26. The number of carbonyl (C=O) groups is 3. The van der Waals surface area contributed by atoms with Crippen LogP contribution in [0.5, 0.6) is 5.75 Å². The molecule has 3 amide bonds. The van der Waals surface area contributed by atoms with Crippen molar-refractivity contribution in [2.75, 3.05) is 6.54 Å². The van der Waals surface area contributed by atoms with Gasteiger partial charge in [-0.3, -0.25) is 9.59 Å². The molecule has 8 nitrogen and oxygen atoms in total. The van der Waals surface area contributed by atoms with Gasteiger partial charge in [-0.15, -0.1) is 6.58 Å². The number of hydrogen-bond acceptors (Lipinski definition) is 5. The lowest BCUT2D eigenvalue weighted by Crippen LogP contribution is -2.55. The van der Waals surface area contributed by atoms with Crippen molar-refractivity contribution in [3.63, 3.8) is 0 Å². The Labute approximate surface area is 197 Å². The third kappa shape index (κ3) is 8.79. The minimum atomic E-state index is -0.981. The first-order valence-electron chi connectivity index (χ1n) is 11.3. The number of phenolic OH excluding ortho intramolecular Hbond substituents is 1. The van der Waals surface area contributed by atoms with Crippen molar-refractivity contribution in [2.45, 2.75) is 78.6 Å². The van der Waals surface area contributed by atoms with Crippen LogP contribution in [0, 0.1) is 5.92 Å². The Morgan fingerprint density at radius 2 is 1.70 bits per heavy atom. The van der Waals surface area contributed by atoms with Crippen LogP contribution in [0.4, 0.5) is 4.79 Å². The molecule has 33 heavy (non-hydrogen) atoms. The molecule has 0 aliphatic rings. The van der Waals surface area contributed by atoms with Crippen LogP contribution in [-0.4, -0.2) is 52.1 Å². The largest absolute Gasteiger partial charge is 0.508 e. The van der Waals surface area contributed by atoms with E-state index < -0.39 is 29.7 Å². The van der Waals surface area contributed by atoms with E-state index in [0.717, 1.165) is 0 Å². The number of ether oxygens (including phenoxy) is 1. The molecule has 8 heteroatoms. The normalized spacial score (nSPS) is 14.1. The van der Waals surface area contributed by atoms with Crippen LogP contribution in [-0.2, 0) is 14.3 Å². The number of nitrogens with zero attached hydrogens (tertiary/aromatic N) is 1. The van der Waals surface area contributed by atoms with E-state index in [4.69, 9.17) is 4.74 Å². The molecule has 0 aromatic heterocycles. The minimum absolute atomic E-state index is 0.0486. The number of aromatic hydroxyl groups is 1. The molecule has 0 spiro atoms. The number of carbonyl (C=O) groups excluding carboxylic acids is 3. The summed E-state index contributed by atoms with van der Waals surface area (Å²) in [7, 11) is 0. The highest BCUT2D eigenvalue weighted by molar-refractivity contribution is 5.92. The Morgan fingerprint density at radius 3 is 2.15 bits per heavy atom. The number of rotatable bonds is 10. The van der Waals surface area contributed by atoms with Gasteiger partial charge in [0, 0.05) is 12.6 Å². The van der Waals surface area contributed by atoms with Gasteiger partial charge >= 0.3 is 6.09 Å². The Balaban J connectivity index is 3.43. The summed E-state index contributed by atoms with van der Waals surface area (Å²) in [5.74, 6) is -0.962. The molecule has 3 atom stereocenters. The van der Waals surface area contributed by atoms with Gasteiger partial charge in [-0.2, -0.15) is 0 Å². The van der Waals surface area contributed by atoms with E-state index in [2.05, 4.69) is 17.2 Å². The average molecular weight is 462 g/mol. The lowest BCUT2D eigenvalue weighted by Gasteiger charge is -2.35. The maximum absolute atomic E-state index is 13.8. The van der Waals surface area contributed by atoms with Crippen molar-refractivity contribution in [1.82, 2.24) is 15.5 Å². The lowest BCUT2D eigenvalue weighted by molar-refractivity contribution is -0.143. The van der Waals surface area contributed by atoms with Crippen LogP contribution in [0.25, 0.3) is 0 Å². The Bertz CT molecular complexity index is 814. The quantitative estimate of drug-likeness (QED) is 0.458. The predicted octanol–water partition coefficient (Wildman–Crippen LogP) is 3.91. The summed E-state index contributed by atoms with van der Waals surface area (Å²) in [6.45, 7) is 16.5. The molecule has 3 N–H and O–H groups in total. The zero-order valence-corrected chi connectivity index (χ0v) is 20.8. The monoisotopic (exact) mass is 461 g/mol. The molecule has 1 rings (SSSR count). The molecule has 0 saturated heterocycles. The van der Waals surface area contributed by atoms with Crippen molar-refractivity contribution in [1.29, 1.82) is 0 Å². The zero-order chi connectivity index (χ0) is 25.3. The van der Waals surface area contributed by atoms with Crippen LogP contribution in [0.2, 0.25) is 0 Å². The molecule has 0 fully saturated rings. The molecule has 0 saturated carbocycles. The fourth-order valence-electron chi connectivity index (χ4n) is 3.25. The van der Waals surface area contributed by atoms with Crippen molar-refractivity contribution < 1.29 is 24.2 Å². The lowest BCUT2D eigenvalue weighted by atomic mass is 9.95. The summed E-state index contributed by atoms with van der Waals surface area (Å²) < 4.78 is 5.36. The third-order valence-corrected chi connectivity index (χ3v) is 4.96. The number of alkyl carbamates (subject to hydrolysis) is 1. The second kappa shape index (κ2) is 12.3. The number of amides is 3. The van der Waals surface area contributed by atoms with E-state index >= 15 is 0 Å². The minimum Gasteiger partial charge on any atom is -0.508 e. The third-order valence-electron chi connectivity index (χ3n) is 4.96. The summed E-state index contributed by atoms with van der Waals surface area (Å²) in [6, 6.07) is 4.09. The van der Waals surface area contributed by atoms with E-state index in [9.17, 15) is 19.5 Å². The molecular formula is C25H39N3O5. The Morgan fingerprint density at radius 1 is 1.12 bits per heavy atom. The van der Waals surface area contributed by atoms with Crippen LogP contribution in [0.15, 0.2) is 36.9 Å². The maximum Gasteiger partial charge on any atom is 0.408 e. The van der Waals surface area contributed by atoms with Gasteiger partial charge in [0.15, 0.2) is 0 Å². The SMILES string of the molecule is C=CCN(C(=O)C(NC(=O)OC(C)(C)C)C(C)CC)C(C(=O)NC(C)C)c1ccc(O)cc1. The van der Waals surface area contributed by atoms with Crippen molar-refractivity contribution in [2.24, 2.45) is 5.92 Å². The number of phenols is 1. The first-order valence-corrected chi connectivity index (χ1v) is 11.3. The summed E-state index contributed by atoms with van der Waals surface area (Å²) >= 11 is 0. The standard InChI is InChI=1S/C25H39N3O5/c1-9-15-28(21(22(30)26-16(3)4)18-11-13-19(29)14-12-18)23(31)20(17(5)10-2)27-24(32)33-25(6,7)8/h9,11-14,16-17,20-21,29H,1,10,15H2,2-8H3,(H,26,30)(H,27,32). The number of nitrogens with one attached hydrogen (secondary N) is 2. The van der Waals surface area contributed by atoms with E-state index in [1.165, 1.54) is 23.1 Å². The molecule has 0 heterocycles. The average Bonchev–Trinajstić information content (AvgIpc) is 2.70. The van der Waals surface area contributed by atoms with Gasteiger partial charge in [-0.05, 0) is 58.2 Å². The summed E-state index contributed by atoms with van der Waals surface area (Å²) in [6.07, 6.45) is 1.46. The topological polar surface area (TPSA) is 108 Å². The van der Waals surface area contributed by atoms with Crippen molar-refractivity contribution in [3.05, 3.63) is 42.5 Å². The van der Waals surface area contributed by atoms with E-state index in [0.29, 0.717) is 12.0 Å². The summed E-state index contributed by atoms with van der Waals surface area (Å²) in [4.78, 5) is 40.9. The van der Waals surface area contributed by atoms with Crippen LogP contribution in [0.3, 0.4) is 0 Å². The molecule has 0 bridgehead atoms. The maximum atomic E-state index is 13.8. The fraction of sp³-hybridized carbons (Fsp3) is 0.560. The van der Waals surface area contributed by atoms with E-state index in [-0.39, 0.29) is 30.2 Å². The van der Waals surface area contributed by atoms with Gasteiger partial charge in [0.1, 0.15) is 23.4 Å². The molecule has 184 valence electrons. The number of hydrogen-bond donors (Lipinski definition) is 3. The molecule has 0 aliphatic carbocycles. The zero-order valence-electron chi connectivity index (χ0n) is 20.8. The first-order chi connectivity index (χ1) is 15.3. The van der Waals surface area contributed by atoms with E-state index in [1.807, 2.05) is 27.7 Å². The van der Waals surface area contributed by atoms with E-state index in [1.54, 1.807) is 32.9 Å². The van der Waals surface area contributed by atoms with Gasteiger partial charge in [-0.25, -0.2) is 4.79 Å². The molecule has 1 aromatic carbocycles. The molecule has 3 unspecified atom stereocenters. The Kier molecular flexibility index (Phi) is 10.4. The highest BCUT2D eigenvalue weighted by Gasteiger charge is 2.37. The van der Waals surface area contributed by atoms with Crippen LogP contribution < -0.4 is 10.6 Å². The van der Waals surface area contributed by atoms with Crippen molar-refractivity contribution >= 4 is 17.9 Å². The fourth-order valence-corrected chi connectivity index (χ4v) is 3.25.